The van der Waals surface area contributed by atoms with E-state index in [0.717, 1.165) is 44.0 Å². The Kier molecular flexibility index (Phi) is 6.81. The highest BCUT2D eigenvalue weighted by atomic mass is 35.5. The molecule has 1 aromatic rings. The molecule has 0 spiro atoms. The summed E-state index contributed by atoms with van der Waals surface area (Å²) in [6.07, 6.45) is 4.48. The van der Waals surface area contributed by atoms with Crippen molar-refractivity contribution >= 4 is 17.3 Å². The maximum absolute atomic E-state index is 9.16. The molecule has 1 saturated heterocycles. The molecule has 1 aromatic carbocycles. The minimum atomic E-state index is 0.296. The highest BCUT2D eigenvalue weighted by Gasteiger charge is 2.21. The van der Waals surface area contributed by atoms with Crippen LogP contribution in [0.2, 0.25) is 5.02 Å². The first-order valence-corrected chi connectivity index (χ1v) is 8.47. The van der Waals surface area contributed by atoms with Gasteiger partial charge in [-0.25, -0.2) is 0 Å². The van der Waals surface area contributed by atoms with Crippen LogP contribution in [0.4, 0.5) is 5.69 Å². The lowest BCUT2D eigenvalue weighted by atomic mass is 9.94. The van der Waals surface area contributed by atoms with Gasteiger partial charge in [0.05, 0.1) is 0 Å². The number of aliphatic hydroxyl groups is 1. The van der Waals surface area contributed by atoms with E-state index in [1.807, 2.05) is 6.07 Å². The van der Waals surface area contributed by atoms with Crippen LogP contribution in [-0.2, 0) is 6.54 Å². The molecule has 1 heterocycles. The van der Waals surface area contributed by atoms with E-state index >= 15 is 0 Å². The molecule has 21 heavy (non-hydrogen) atoms. The van der Waals surface area contributed by atoms with Crippen LogP contribution in [0.15, 0.2) is 18.2 Å². The zero-order valence-corrected chi connectivity index (χ0v) is 13.7. The molecule has 0 aliphatic carbocycles. The third kappa shape index (κ3) is 4.87. The molecule has 2 rings (SSSR count). The zero-order valence-electron chi connectivity index (χ0n) is 12.9. The number of nitrogens with one attached hydrogen (secondary N) is 1. The maximum Gasteiger partial charge on any atom is 0.0434 e. The van der Waals surface area contributed by atoms with Crippen molar-refractivity contribution in [3.8, 4) is 0 Å². The summed E-state index contributed by atoms with van der Waals surface area (Å²) in [6.45, 7) is 6.51. The molecule has 0 amide bonds. The van der Waals surface area contributed by atoms with E-state index in [4.69, 9.17) is 16.7 Å². The average Bonchev–Trinajstić information content (AvgIpc) is 2.48. The summed E-state index contributed by atoms with van der Waals surface area (Å²) in [5, 5.41) is 13.4. The van der Waals surface area contributed by atoms with Gasteiger partial charge >= 0.3 is 0 Å². The smallest absolute Gasteiger partial charge is 0.0434 e. The Hall–Kier alpha value is -0.770. The Labute approximate surface area is 133 Å². The summed E-state index contributed by atoms with van der Waals surface area (Å²) < 4.78 is 0. The van der Waals surface area contributed by atoms with Gasteiger partial charge in [0.15, 0.2) is 0 Å². The Balaban J connectivity index is 2.09. The lowest BCUT2D eigenvalue weighted by Gasteiger charge is -2.35. The fourth-order valence-corrected chi connectivity index (χ4v) is 3.30. The van der Waals surface area contributed by atoms with Crippen molar-refractivity contribution in [2.45, 2.75) is 39.2 Å². The second-order valence-electron chi connectivity index (χ2n) is 5.92. The summed E-state index contributed by atoms with van der Waals surface area (Å²) in [6, 6.07) is 6.21. The molecule has 1 aliphatic rings. The van der Waals surface area contributed by atoms with Crippen LogP contribution >= 0.6 is 11.6 Å². The minimum Gasteiger partial charge on any atom is -0.396 e. The third-order valence-electron chi connectivity index (χ3n) is 4.18. The number of halogens is 1. The summed E-state index contributed by atoms with van der Waals surface area (Å²) in [7, 11) is 0. The predicted molar refractivity (Wildman–Crippen MR) is 90.1 cm³/mol. The van der Waals surface area contributed by atoms with E-state index in [0.29, 0.717) is 12.5 Å². The van der Waals surface area contributed by atoms with Gasteiger partial charge in [0.2, 0.25) is 0 Å². The third-order valence-corrected chi connectivity index (χ3v) is 4.42. The lowest BCUT2D eigenvalue weighted by Crippen LogP contribution is -2.36. The van der Waals surface area contributed by atoms with Crippen LogP contribution in [0.1, 0.15) is 38.2 Å². The summed E-state index contributed by atoms with van der Waals surface area (Å²) in [5.41, 5.74) is 2.58. The molecular weight excluding hydrogens is 284 g/mol. The van der Waals surface area contributed by atoms with Crippen LogP contribution in [0, 0.1) is 5.92 Å². The highest BCUT2D eigenvalue weighted by molar-refractivity contribution is 6.30. The fourth-order valence-electron chi connectivity index (χ4n) is 3.11. The van der Waals surface area contributed by atoms with Gasteiger partial charge in [-0.1, -0.05) is 18.5 Å². The Morgan fingerprint density at radius 2 is 2.29 bits per heavy atom. The van der Waals surface area contributed by atoms with Gasteiger partial charge in [0.1, 0.15) is 0 Å². The van der Waals surface area contributed by atoms with Crippen LogP contribution < -0.4 is 10.2 Å². The molecule has 4 heteroatoms. The number of benzene rings is 1. The van der Waals surface area contributed by atoms with Crippen molar-refractivity contribution < 1.29 is 5.11 Å². The summed E-state index contributed by atoms with van der Waals surface area (Å²) >= 11 is 6.17. The monoisotopic (exact) mass is 310 g/mol. The summed E-state index contributed by atoms with van der Waals surface area (Å²) in [4.78, 5) is 2.46. The van der Waals surface area contributed by atoms with Crippen molar-refractivity contribution in [1.29, 1.82) is 0 Å². The molecular formula is C17H27ClN2O. The van der Waals surface area contributed by atoms with Crippen molar-refractivity contribution in [3.63, 3.8) is 0 Å². The molecule has 0 saturated carbocycles. The average molecular weight is 311 g/mol. The van der Waals surface area contributed by atoms with Crippen LogP contribution in [0.3, 0.4) is 0 Å². The molecule has 3 nitrogen and oxygen atoms in total. The number of aliphatic hydroxyl groups excluding tert-OH is 1. The molecule has 2 N–H and O–H groups in total. The molecule has 0 radical (unpaired) electrons. The van der Waals surface area contributed by atoms with Crippen molar-refractivity contribution in [3.05, 3.63) is 28.8 Å². The molecule has 1 atom stereocenters. The predicted octanol–water partition coefficient (Wildman–Crippen LogP) is 3.44. The lowest BCUT2D eigenvalue weighted by molar-refractivity contribution is 0.244. The van der Waals surface area contributed by atoms with Gasteiger partial charge in [0.25, 0.3) is 0 Å². The van der Waals surface area contributed by atoms with Gasteiger partial charge in [-0.05, 0) is 61.9 Å². The van der Waals surface area contributed by atoms with E-state index in [1.54, 1.807) is 0 Å². The van der Waals surface area contributed by atoms with E-state index in [9.17, 15) is 0 Å². The van der Waals surface area contributed by atoms with Crippen molar-refractivity contribution in [1.82, 2.24) is 5.32 Å². The van der Waals surface area contributed by atoms with Crippen LogP contribution in [0.25, 0.3) is 0 Å². The van der Waals surface area contributed by atoms with Gasteiger partial charge in [-0.3, -0.25) is 0 Å². The Bertz CT molecular complexity index is 437. The van der Waals surface area contributed by atoms with Gasteiger partial charge in [0, 0.05) is 37.0 Å². The number of hydrogen-bond acceptors (Lipinski definition) is 3. The maximum atomic E-state index is 9.16. The van der Waals surface area contributed by atoms with Crippen molar-refractivity contribution in [2.75, 3.05) is 31.1 Å². The van der Waals surface area contributed by atoms with Gasteiger partial charge in [-0.2, -0.15) is 0 Å². The van der Waals surface area contributed by atoms with E-state index in [-0.39, 0.29) is 0 Å². The van der Waals surface area contributed by atoms with E-state index in [2.05, 4.69) is 29.3 Å². The second-order valence-corrected chi connectivity index (χ2v) is 6.35. The SMILES string of the molecule is CCCNCc1cc(Cl)ccc1N1CCCC(CCO)C1. The summed E-state index contributed by atoms with van der Waals surface area (Å²) in [5.74, 6) is 0.607. The van der Waals surface area contributed by atoms with E-state index in [1.165, 1.54) is 24.1 Å². The zero-order chi connectivity index (χ0) is 15.1. The van der Waals surface area contributed by atoms with Crippen LogP contribution in [-0.4, -0.2) is 31.3 Å². The molecule has 1 unspecified atom stereocenters. The largest absolute Gasteiger partial charge is 0.396 e. The number of piperidine rings is 1. The topological polar surface area (TPSA) is 35.5 Å². The molecule has 0 bridgehead atoms. The first kappa shape index (κ1) is 16.6. The first-order valence-electron chi connectivity index (χ1n) is 8.09. The molecule has 118 valence electrons. The quantitative estimate of drug-likeness (QED) is 0.757. The molecule has 1 aliphatic heterocycles. The highest BCUT2D eigenvalue weighted by Crippen LogP contribution is 2.29. The van der Waals surface area contributed by atoms with Crippen molar-refractivity contribution in [2.24, 2.45) is 5.92 Å². The number of anilines is 1. The standard InChI is InChI=1S/C17H27ClN2O/c1-2-8-19-12-15-11-16(18)5-6-17(15)20-9-3-4-14(13-20)7-10-21/h5-6,11,14,19,21H,2-4,7-10,12-13H2,1H3. The molecule has 0 aromatic heterocycles. The van der Waals surface area contributed by atoms with Crippen LogP contribution in [0.5, 0.6) is 0 Å². The minimum absolute atomic E-state index is 0.296. The number of rotatable bonds is 7. The molecule has 1 fully saturated rings. The fraction of sp³-hybridized carbons (Fsp3) is 0.647. The Morgan fingerprint density at radius 1 is 1.43 bits per heavy atom. The number of hydrogen-bond donors (Lipinski definition) is 2. The van der Waals surface area contributed by atoms with Gasteiger partial charge < -0.3 is 15.3 Å². The first-order chi connectivity index (χ1) is 10.2. The normalized spacial score (nSPS) is 19.0. The Morgan fingerprint density at radius 3 is 3.05 bits per heavy atom. The second kappa shape index (κ2) is 8.62. The number of nitrogens with zero attached hydrogens (tertiary/aromatic N) is 1. The van der Waals surface area contributed by atoms with Gasteiger partial charge in [-0.15, -0.1) is 0 Å². The van der Waals surface area contributed by atoms with E-state index < -0.39 is 0 Å².